The standard InChI is InChI=1S/C13H14F3N3O.C12H23N5O.C2H6/c1-3-11(7-20)19-9(2)10-4-5-17-12(6-10)18-8-13(14,15)16;1-14-6-10(15-2)12(13)17-8-9(5-11(17)18)7-16(3)4;1-2/h3-7H,8H2,1-2H3,(H,17,18);6,9,13-15H,5,7-8H2,1-4H3;1-2H3/b11-3-,19-9?;10-6+,13-12?;. The van der Waals surface area contributed by atoms with Crippen LogP contribution in [0.1, 0.15) is 39.7 Å². The Labute approximate surface area is 235 Å². The third kappa shape index (κ3) is 13.4. The first-order valence-corrected chi connectivity index (χ1v) is 12.9. The number of rotatable bonds is 10. The van der Waals surface area contributed by atoms with Gasteiger partial charge in [0.1, 0.15) is 12.4 Å². The van der Waals surface area contributed by atoms with E-state index in [-0.39, 0.29) is 23.3 Å². The number of nitrogens with zero attached hydrogens (tertiary/aromatic N) is 4. The van der Waals surface area contributed by atoms with Crippen molar-refractivity contribution in [2.24, 2.45) is 10.9 Å². The number of carbonyl (C=O) groups excluding carboxylic acids is 2. The normalized spacial score (nSPS) is 16.0. The fraction of sp³-hybridized carbons (Fsp3) is 0.519. The number of likely N-dealkylation sites (N-methyl/N-ethyl adjacent to an activating group) is 1. The second-order valence-electron chi connectivity index (χ2n) is 8.71. The van der Waals surface area contributed by atoms with Gasteiger partial charge in [-0.3, -0.25) is 24.9 Å². The first-order chi connectivity index (χ1) is 18.8. The van der Waals surface area contributed by atoms with Gasteiger partial charge in [-0.25, -0.2) is 4.98 Å². The minimum absolute atomic E-state index is 0.0316. The maximum Gasteiger partial charge on any atom is 0.405 e. The number of hydrogen-bond donors (Lipinski definition) is 4. The molecule has 1 fully saturated rings. The Bertz CT molecular complexity index is 1050. The highest BCUT2D eigenvalue weighted by molar-refractivity contribution is 6.06. The number of hydrogen-bond acceptors (Lipinski definition) is 9. The van der Waals surface area contributed by atoms with Crippen LogP contribution >= 0.6 is 0 Å². The van der Waals surface area contributed by atoms with Crippen LogP contribution in [-0.4, -0.2) is 92.5 Å². The van der Waals surface area contributed by atoms with E-state index in [1.54, 1.807) is 51.2 Å². The van der Waals surface area contributed by atoms with Crippen molar-refractivity contribution in [2.75, 3.05) is 53.1 Å². The van der Waals surface area contributed by atoms with E-state index >= 15 is 0 Å². The molecule has 40 heavy (non-hydrogen) atoms. The van der Waals surface area contributed by atoms with Gasteiger partial charge in [-0.2, -0.15) is 13.2 Å². The third-order valence-corrected chi connectivity index (χ3v) is 5.27. The second kappa shape index (κ2) is 18.5. The molecule has 0 bridgehead atoms. The molecule has 224 valence electrons. The van der Waals surface area contributed by atoms with E-state index in [0.717, 1.165) is 6.54 Å². The molecule has 1 atom stereocenters. The summed E-state index contributed by atoms with van der Waals surface area (Å²) in [5.41, 5.74) is 1.98. The molecule has 1 unspecified atom stereocenters. The van der Waals surface area contributed by atoms with E-state index in [1.807, 2.05) is 27.9 Å². The molecule has 2 heterocycles. The Hall–Kier alpha value is -3.74. The topological polar surface area (TPSA) is 126 Å². The lowest BCUT2D eigenvalue weighted by Gasteiger charge is -2.20. The molecule has 1 saturated heterocycles. The molecule has 0 aromatic carbocycles. The van der Waals surface area contributed by atoms with E-state index in [1.165, 1.54) is 12.3 Å². The number of aldehydes is 1. The Morgan fingerprint density at radius 2 is 1.95 bits per heavy atom. The highest BCUT2D eigenvalue weighted by Crippen LogP contribution is 2.20. The van der Waals surface area contributed by atoms with Gasteiger partial charge >= 0.3 is 6.18 Å². The number of likely N-dealkylation sites (tertiary alicyclic amines) is 1. The van der Waals surface area contributed by atoms with E-state index in [4.69, 9.17) is 5.41 Å². The van der Waals surface area contributed by atoms with Crippen molar-refractivity contribution < 1.29 is 22.8 Å². The van der Waals surface area contributed by atoms with Crippen LogP contribution in [0.4, 0.5) is 19.0 Å². The van der Waals surface area contributed by atoms with Gasteiger partial charge < -0.3 is 20.9 Å². The molecule has 0 radical (unpaired) electrons. The number of carbonyl (C=O) groups is 2. The van der Waals surface area contributed by atoms with E-state index in [2.05, 4.69) is 30.8 Å². The smallest absolute Gasteiger partial charge is 0.392 e. The lowest BCUT2D eigenvalue weighted by Crippen LogP contribution is -2.37. The molecule has 1 aliphatic heterocycles. The predicted molar refractivity (Wildman–Crippen MR) is 154 cm³/mol. The number of aromatic nitrogens is 1. The summed E-state index contributed by atoms with van der Waals surface area (Å²) in [4.78, 5) is 34.1. The molecular weight excluding hydrogens is 525 g/mol. The summed E-state index contributed by atoms with van der Waals surface area (Å²) >= 11 is 0. The predicted octanol–water partition coefficient (Wildman–Crippen LogP) is 3.65. The summed E-state index contributed by atoms with van der Waals surface area (Å²) in [5, 5.41) is 16.1. The maximum absolute atomic E-state index is 12.1. The molecular formula is C27H43F3N8O2. The fourth-order valence-electron chi connectivity index (χ4n) is 3.55. The molecule has 2 rings (SSSR count). The number of allylic oxidation sites excluding steroid dienone is 2. The second-order valence-corrected chi connectivity index (χ2v) is 8.71. The zero-order valence-electron chi connectivity index (χ0n) is 24.6. The van der Waals surface area contributed by atoms with Crippen molar-refractivity contribution in [3.8, 4) is 0 Å². The number of halogens is 3. The molecule has 1 amide bonds. The van der Waals surface area contributed by atoms with Crippen LogP contribution in [0.25, 0.3) is 0 Å². The molecule has 1 aliphatic rings. The van der Waals surface area contributed by atoms with Gasteiger partial charge in [0.25, 0.3) is 0 Å². The van der Waals surface area contributed by atoms with Crippen molar-refractivity contribution in [3.05, 3.63) is 47.6 Å². The number of pyridine rings is 1. The van der Waals surface area contributed by atoms with Gasteiger partial charge in [0.05, 0.1) is 11.4 Å². The Morgan fingerprint density at radius 1 is 1.30 bits per heavy atom. The van der Waals surface area contributed by atoms with Gasteiger partial charge in [0.2, 0.25) is 5.91 Å². The number of alkyl halides is 3. The van der Waals surface area contributed by atoms with Gasteiger partial charge in [-0.05, 0) is 46.0 Å². The number of amidine groups is 1. The maximum atomic E-state index is 12.1. The summed E-state index contributed by atoms with van der Waals surface area (Å²) < 4.78 is 36.3. The minimum Gasteiger partial charge on any atom is -0.392 e. The Balaban J connectivity index is 0.000000719. The van der Waals surface area contributed by atoms with Crippen LogP contribution in [0.2, 0.25) is 0 Å². The van der Waals surface area contributed by atoms with Crippen LogP contribution in [0, 0.1) is 11.3 Å². The number of anilines is 1. The summed E-state index contributed by atoms with van der Waals surface area (Å²) in [6.07, 6.45) is 1.43. The average Bonchev–Trinajstić information content (AvgIpc) is 3.28. The van der Waals surface area contributed by atoms with Crippen LogP contribution in [0.15, 0.2) is 47.0 Å². The molecule has 4 N–H and O–H groups in total. The summed E-state index contributed by atoms with van der Waals surface area (Å²) in [7, 11) is 7.51. The zero-order chi connectivity index (χ0) is 30.9. The molecule has 0 spiro atoms. The van der Waals surface area contributed by atoms with E-state index < -0.39 is 12.7 Å². The highest BCUT2D eigenvalue weighted by Gasteiger charge is 2.33. The first kappa shape index (κ1) is 36.3. The van der Waals surface area contributed by atoms with Crippen LogP contribution in [0.3, 0.4) is 0 Å². The number of nitrogens with one attached hydrogen (secondary N) is 4. The van der Waals surface area contributed by atoms with Gasteiger partial charge in [0.15, 0.2) is 12.1 Å². The largest absolute Gasteiger partial charge is 0.405 e. The Morgan fingerprint density at radius 3 is 2.45 bits per heavy atom. The number of amides is 1. The SMILES string of the molecule is C/C=C(/C=O)N=C(C)c1ccnc(NCC(F)(F)F)c1.CC.CN/C=C(/NC)C(=N)N1CC(CN(C)C)CC1=O. The monoisotopic (exact) mass is 568 g/mol. The van der Waals surface area contributed by atoms with Crippen LogP contribution in [-0.2, 0) is 9.59 Å². The van der Waals surface area contributed by atoms with Crippen molar-refractivity contribution in [2.45, 2.75) is 40.3 Å². The van der Waals surface area contributed by atoms with Gasteiger partial charge in [-0.1, -0.05) is 19.9 Å². The summed E-state index contributed by atoms with van der Waals surface area (Å²) in [6, 6.07) is 3.05. The molecule has 1 aromatic rings. The molecule has 10 nitrogen and oxygen atoms in total. The lowest BCUT2D eigenvalue weighted by atomic mass is 10.1. The van der Waals surface area contributed by atoms with Crippen molar-refractivity contribution in [1.29, 1.82) is 5.41 Å². The van der Waals surface area contributed by atoms with Crippen molar-refractivity contribution in [3.63, 3.8) is 0 Å². The summed E-state index contributed by atoms with van der Waals surface area (Å²) in [6.45, 7) is 7.67. The first-order valence-electron chi connectivity index (χ1n) is 12.9. The molecule has 1 aromatic heterocycles. The van der Waals surface area contributed by atoms with E-state index in [0.29, 0.717) is 42.1 Å². The third-order valence-electron chi connectivity index (χ3n) is 5.27. The highest BCUT2D eigenvalue weighted by atomic mass is 19.4. The van der Waals surface area contributed by atoms with Gasteiger partial charge in [-0.15, -0.1) is 0 Å². The average molecular weight is 569 g/mol. The minimum atomic E-state index is -4.31. The van der Waals surface area contributed by atoms with Crippen LogP contribution < -0.4 is 16.0 Å². The van der Waals surface area contributed by atoms with Crippen LogP contribution in [0.5, 0.6) is 0 Å². The summed E-state index contributed by atoms with van der Waals surface area (Å²) in [5.74, 6) is 0.672. The van der Waals surface area contributed by atoms with E-state index in [9.17, 15) is 22.8 Å². The zero-order valence-corrected chi connectivity index (χ0v) is 24.6. The number of aliphatic imine (C=N–C) groups is 1. The quantitative estimate of drug-likeness (QED) is 0.147. The molecule has 0 aliphatic carbocycles. The van der Waals surface area contributed by atoms with Gasteiger partial charge in [0, 0.05) is 57.3 Å². The Kier molecular flexibility index (Phi) is 16.8. The van der Waals surface area contributed by atoms with Crippen molar-refractivity contribution >= 4 is 29.6 Å². The molecule has 0 saturated carbocycles. The lowest BCUT2D eigenvalue weighted by molar-refractivity contribution is -0.124. The molecule has 13 heteroatoms. The van der Waals surface area contributed by atoms with Crippen molar-refractivity contribution in [1.82, 2.24) is 25.4 Å². The fourth-order valence-corrected chi connectivity index (χ4v) is 3.55.